The fraction of sp³-hybridized carbons (Fsp3) is 0.310. The molecule has 3 aromatic rings. The molecule has 0 aliphatic carbocycles. The van der Waals surface area contributed by atoms with Crippen molar-refractivity contribution in [3.05, 3.63) is 95.6 Å². The third-order valence-electron chi connectivity index (χ3n) is 6.49. The quantitative estimate of drug-likeness (QED) is 0.539. The number of para-hydroxylation sites is 2. The number of benzene rings is 3. The highest BCUT2D eigenvalue weighted by atomic mass is 16.2. The van der Waals surface area contributed by atoms with E-state index in [4.69, 9.17) is 0 Å². The first-order chi connectivity index (χ1) is 17.0. The molecule has 0 saturated carbocycles. The van der Waals surface area contributed by atoms with Crippen molar-refractivity contribution in [1.82, 2.24) is 9.80 Å². The molecule has 1 fully saturated rings. The number of hydrogen-bond acceptors (Lipinski definition) is 4. The van der Waals surface area contributed by atoms with E-state index in [-0.39, 0.29) is 11.8 Å². The van der Waals surface area contributed by atoms with Crippen LogP contribution >= 0.6 is 0 Å². The van der Waals surface area contributed by atoms with E-state index in [1.54, 1.807) is 0 Å². The van der Waals surface area contributed by atoms with Gasteiger partial charge in [-0.25, -0.2) is 0 Å². The monoisotopic (exact) mass is 470 g/mol. The number of rotatable bonds is 8. The highest BCUT2D eigenvalue weighted by molar-refractivity contribution is 5.95. The number of carbonyl (C=O) groups excluding carboxylic acids is 2. The molecular weight excluding hydrogens is 436 g/mol. The van der Waals surface area contributed by atoms with Crippen LogP contribution in [0.4, 0.5) is 11.4 Å². The lowest BCUT2D eigenvalue weighted by Crippen LogP contribution is -2.51. The first-order valence-corrected chi connectivity index (χ1v) is 12.2. The van der Waals surface area contributed by atoms with Crippen LogP contribution in [0.5, 0.6) is 0 Å². The van der Waals surface area contributed by atoms with E-state index in [2.05, 4.69) is 15.1 Å². The van der Waals surface area contributed by atoms with Gasteiger partial charge in [0.15, 0.2) is 0 Å². The van der Waals surface area contributed by atoms with E-state index in [1.807, 2.05) is 97.6 Å². The van der Waals surface area contributed by atoms with Crippen LogP contribution in [0.1, 0.15) is 16.7 Å². The summed E-state index contributed by atoms with van der Waals surface area (Å²) in [5.41, 5.74) is 5.05. The van der Waals surface area contributed by atoms with Gasteiger partial charge < -0.3 is 10.2 Å². The van der Waals surface area contributed by atoms with E-state index >= 15 is 0 Å². The van der Waals surface area contributed by atoms with E-state index in [0.29, 0.717) is 19.6 Å². The minimum absolute atomic E-state index is 0.00467. The van der Waals surface area contributed by atoms with Gasteiger partial charge in [0.2, 0.25) is 11.8 Å². The van der Waals surface area contributed by atoms with Gasteiger partial charge in [-0.05, 0) is 42.7 Å². The molecule has 6 heteroatoms. The lowest BCUT2D eigenvalue weighted by Gasteiger charge is -2.35. The molecule has 182 valence electrons. The Morgan fingerprint density at radius 2 is 1.29 bits per heavy atom. The first kappa shape index (κ1) is 24.6. The standard InChI is InChI=1S/C29H34N4O2/c1-23-10-9-11-24(2)29(23)30-27(34)21-31-16-18-32(19-17-31)22-28(35)33(26-14-7-4-8-15-26)20-25-12-5-3-6-13-25/h3-15H,16-22H2,1-2H3,(H,30,34). The van der Waals surface area contributed by atoms with Crippen LogP contribution in [0, 0.1) is 13.8 Å². The molecule has 0 radical (unpaired) electrons. The molecule has 1 aliphatic rings. The minimum atomic E-state index is 0.00467. The van der Waals surface area contributed by atoms with Gasteiger partial charge in [-0.1, -0.05) is 66.7 Å². The molecule has 1 aliphatic heterocycles. The molecule has 1 heterocycles. The normalized spacial score (nSPS) is 14.5. The molecule has 2 amide bonds. The Morgan fingerprint density at radius 1 is 0.743 bits per heavy atom. The molecule has 35 heavy (non-hydrogen) atoms. The summed E-state index contributed by atoms with van der Waals surface area (Å²) in [5, 5.41) is 3.07. The van der Waals surface area contributed by atoms with E-state index in [1.165, 1.54) is 0 Å². The lowest BCUT2D eigenvalue weighted by atomic mass is 10.1. The number of nitrogens with zero attached hydrogens (tertiary/aromatic N) is 3. The minimum Gasteiger partial charge on any atom is -0.324 e. The maximum atomic E-state index is 13.3. The van der Waals surface area contributed by atoms with Crippen molar-refractivity contribution in [2.24, 2.45) is 0 Å². The molecule has 0 spiro atoms. The van der Waals surface area contributed by atoms with Crippen LogP contribution in [0.3, 0.4) is 0 Å². The Balaban J connectivity index is 1.30. The average molecular weight is 471 g/mol. The summed E-state index contributed by atoms with van der Waals surface area (Å²) in [6.45, 7) is 8.33. The Kier molecular flexibility index (Phi) is 8.29. The van der Waals surface area contributed by atoms with Crippen molar-refractivity contribution in [3.8, 4) is 0 Å². The second-order valence-corrected chi connectivity index (χ2v) is 9.17. The molecule has 4 rings (SSSR count). The SMILES string of the molecule is Cc1cccc(C)c1NC(=O)CN1CCN(CC(=O)N(Cc2ccccc2)c2ccccc2)CC1. The van der Waals surface area contributed by atoms with Crippen molar-refractivity contribution in [1.29, 1.82) is 0 Å². The zero-order valence-electron chi connectivity index (χ0n) is 20.6. The number of amides is 2. The van der Waals surface area contributed by atoms with E-state index in [0.717, 1.165) is 54.2 Å². The Bertz CT molecular complexity index is 1110. The van der Waals surface area contributed by atoms with Gasteiger partial charge in [0, 0.05) is 37.6 Å². The van der Waals surface area contributed by atoms with Gasteiger partial charge in [0.1, 0.15) is 0 Å². The summed E-state index contributed by atoms with van der Waals surface area (Å²) in [7, 11) is 0. The molecule has 6 nitrogen and oxygen atoms in total. The zero-order chi connectivity index (χ0) is 24.6. The Labute approximate surface area is 208 Å². The van der Waals surface area contributed by atoms with Crippen LogP contribution in [-0.4, -0.2) is 60.9 Å². The van der Waals surface area contributed by atoms with Crippen LogP contribution in [0.15, 0.2) is 78.9 Å². The molecule has 1 saturated heterocycles. The van der Waals surface area contributed by atoms with Crippen LogP contribution in [0.25, 0.3) is 0 Å². The second kappa shape index (κ2) is 11.8. The Hall–Kier alpha value is -3.48. The number of hydrogen-bond donors (Lipinski definition) is 1. The molecular formula is C29H34N4O2. The van der Waals surface area contributed by atoms with Gasteiger partial charge in [-0.3, -0.25) is 19.4 Å². The molecule has 0 aromatic heterocycles. The fourth-order valence-electron chi connectivity index (χ4n) is 4.47. The number of aryl methyl sites for hydroxylation is 2. The molecule has 3 aromatic carbocycles. The average Bonchev–Trinajstić information content (AvgIpc) is 2.87. The van der Waals surface area contributed by atoms with Crippen molar-refractivity contribution in [3.63, 3.8) is 0 Å². The smallest absolute Gasteiger partial charge is 0.241 e. The van der Waals surface area contributed by atoms with Gasteiger partial charge in [-0.15, -0.1) is 0 Å². The van der Waals surface area contributed by atoms with Gasteiger partial charge in [-0.2, -0.15) is 0 Å². The highest BCUT2D eigenvalue weighted by Gasteiger charge is 2.24. The largest absolute Gasteiger partial charge is 0.324 e. The third kappa shape index (κ3) is 6.78. The van der Waals surface area contributed by atoms with Crippen molar-refractivity contribution >= 4 is 23.2 Å². The zero-order valence-corrected chi connectivity index (χ0v) is 20.6. The van der Waals surface area contributed by atoms with Crippen molar-refractivity contribution < 1.29 is 9.59 Å². The molecule has 0 bridgehead atoms. The Morgan fingerprint density at radius 3 is 1.89 bits per heavy atom. The van der Waals surface area contributed by atoms with Gasteiger partial charge >= 0.3 is 0 Å². The molecule has 0 atom stereocenters. The number of piperazine rings is 1. The van der Waals surface area contributed by atoms with Crippen LogP contribution in [-0.2, 0) is 16.1 Å². The molecule has 1 N–H and O–H groups in total. The van der Waals surface area contributed by atoms with E-state index < -0.39 is 0 Å². The van der Waals surface area contributed by atoms with Gasteiger partial charge in [0.25, 0.3) is 0 Å². The predicted octanol–water partition coefficient (Wildman–Crippen LogP) is 4.09. The number of anilines is 2. The van der Waals surface area contributed by atoms with Gasteiger partial charge in [0.05, 0.1) is 19.6 Å². The van der Waals surface area contributed by atoms with Crippen molar-refractivity contribution in [2.75, 3.05) is 49.5 Å². The fourth-order valence-corrected chi connectivity index (χ4v) is 4.47. The van der Waals surface area contributed by atoms with Crippen LogP contribution < -0.4 is 10.2 Å². The summed E-state index contributed by atoms with van der Waals surface area (Å²) in [6.07, 6.45) is 0. The molecule has 0 unspecified atom stereocenters. The number of carbonyl (C=O) groups is 2. The maximum absolute atomic E-state index is 13.3. The summed E-state index contributed by atoms with van der Waals surface area (Å²) in [4.78, 5) is 32.2. The first-order valence-electron chi connectivity index (χ1n) is 12.2. The second-order valence-electron chi connectivity index (χ2n) is 9.17. The summed E-state index contributed by atoms with van der Waals surface area (Å²) < 4.78 is 0. The summed E-state index contributed by atoms with van der Waals surface area (Å²) in [6, 6.07) is 25.9. The predicted molar refractivity (Wildman–Crippen MR) is 141 cm³/mol. The van der Waals surface area contributed by atoms with Crippen molar-refractivity contribution in [2.45, 2.75) is 20.4 Å². The summed E-state index contributed by atoms with van der Waals surface area (Å²) >= 11 is 0. The van der Waals surface area contributed by atoms with E-state index in [9.17, 15) is 9.59 Å². The topological polar surface area (TPSA) is 55.9 Å². The maximum Gasteiger partial charge on any atom is 0.241 e. The number of nitrogens with one attached hydrogen (secondary N) is 1. The van der Waals surface area contributed by atoms with Crippen LogP contribution in [0.2, 0.25) is 0 Å². The lowest BCUT2D eigenvalue weighted by molar-refractivity contribution is -0.121. The third-order valence-corrected chi connectivity index (χ3v) is 6.49. The summed E-state index contributed by atoms with van der Waals surface area (Å²) in [5.74, 6) is 0.0892. The highest BCUT2D eigenvalue weighted by Crippen LogP contribution is 2.20.